The molecule has 4 rings (SSSR count). The Morgan fingerprint density at radius 3 is 2.52 bits per heavy atom. The first-order valence-electron chi connectivity index (χ1n) is 9.12. The van der Waals surface area contributed by atoms with E-state index in [1.54, 1.807) is 20.4 Å². The third kappa shape index (κ3) is 4.03. The van der Waals surface area contributed by atoms with Gasteiger partial charge in [-0.15, -0.1) is 0 Å². The van der Waals surface area contributed by atoms with Crippen LogP contribution in [0.1, 0.15) is 5.69 Å². The highest BCUT2D eigenvalue weighted by Gasteiger charge is 2.10. The number of anilines is 4. The number of hydrogen-bond acceptors (Lipinski definition) is 7. The summed E-state index contributed by atoms with van der Waals surface area (Å²) in [4.78, 5) is 13.6. The monoisotopic (exact) mass is 387 g/mol. The van der Waals surface area contributed by atoms with Crippen LogP contribution in [0.25, 0.3) is 10.9 Å². The lowest BCUT2D eigenvalue weighted by atomic mass is 10.2. The Bertz CT molecular complexity index is 1160. The van der Waals surface area contributed by atoms with E-state index < -0.39 is 0 Å². The van der Waals surface area contributed by atoms with Gasteiger partial charge in [0.1, 0.15) is 17.3 Å². The molecule has 0 bridgehead atoms. The minimum atomic E-state index is 0.479. The zero-order chi connectivity index (χ0) is 20.2. The maximum atomic E-state index is 5.44. The molecule has 2 heterocycles. The smallest absolute Gasteiger partial charge is 0.229 e. The Morgan fingerprint density at radius 2 is 1.69 bits per heavy atom. The summed E-state index contributed by atoms with van der Waals surface area (Å²) in [6.07, 6.45) is 1.77. The maximum Gasteiger partial charge on any atom is 0.229 e. The quantitative estimate of drug-likeness (QED) is 0.490. The van der Waals surface area contributed by atoms with E-state index in [4.69, 9.17) is 9.47 Å². The van der Waals surface area contributed by atoms with E-state index in [9.17, 15) is 0 Å². The van der Waals surface area contributed by atoms with Gasteiger partial charge in [-0.05, 0) is 31.2 Å². The molecule has 146 valence electrons. The van der Waals surface area contributed by atoms with Gasteiger partial charge in [-0.3, -0.25) is 4.98 Å². The molecule has 0 unspecified atom stereocenters. The number of aromatic nitrogens is 3. The minimum Gasteiger partial charge on any atom is -0.497 e. The van der Waals surface area contributed by atoms with Crippen LogP contribution in [-0.4, -0.2) is 29.2 Å². The van der Waals surface area contributed by atoms with Crippen LogP contribution < -0.4 is 20.1 Å². The summed E-state index contributed by atoms with van der Waals surface area (Å²) in [7, 11) is 3.25. The average Bonchev–Trinajstić information content (AvgIpc) is 2.73. The van der Waals surface area contributed by atoms with Crippen molar-refractivity contribution in [3.05, 3.63) is 66.5 Å². The van der Waals surface area contributed by atoms with Crippen molar-refractivity contribution in [1.82, 2.24) is 15.0 Å². The van der Waals surface area contributed by atoms with Gasteiger partial charge in [0.05, 0.1) is 31.1 Å². The number of hydrogen-bond donors (Lipinski definition) is 2. The number of ether oxygens (including phenoxy) is 2. The standard InChI is InChI=1S/C22H21N5O2/c1-14-12-20(25-18-13-16(28-2)9-10-19(18)29-3)27-22(24-14)26-17-8-4-6-15-7-5-11-23-21(15)17/h4-13H,1-3H3,(H2,24,25,26,27). The lowest BCUT2D eigenvalue weighted by Crippen LogP contribution is -2.04. The van der Waals surface area contributed by atoms with Crippen LogP contribution >= 0.6 is 0 Å². The lowest BCUT2D eigenvalue weighted by Gasteiger charge is -2.14. The molecule has 7 nitrogen and oxygen atoms in total. The SMILES string of the molecule is COc1ccc(OC)c(Nc2cc(C)nc(Nc3cccc4cccnc34)n2)c1. The second-order valence-electron chi connectivity index (χ2n) is 6.42. The summed E-state index contributed by atoms with van der Waals surface area (Å²) in [6, 6.07) is 17.3. The van der Waals surface area contributed by atoms with Crippen LogP contribution in [0.15, 0.2) is 60.8 Å². The van der Waals surface area contributed by atoms with Gasteiger partial charge in [0.15, 0.2) is 0 Å². The molecule has 2 N–H and O–H groups in total. The normalized spacial score (nSPS) is 10.6. The number of aryl methyl sites for hydroxylation is 1. The fourth-order valence-corrected chi connectivity index (χ4v) is 3.06. The van der Waals surface area contributed by atoms with Gasteiger partial charge < -0.3 is 20.1 Å². The summed E-state index contributed by atoms with van der Waals surface area (Å²) in [6.45, 7) is 1.92. The first-order valence-corrected chi connectivity index (χ1v) is 9.12. The van der Waals surface area contributed by atoms with E-state index in [0.29, 0.717) is 17.5 Å². The molecular formula is C22H21N5O2. The molecule has 0 radical (unpaired) electrons. The van der Waals surface area contributed by atoms with Crippen LogP contribution in [-0.2, 0) is 0 Å². The molecule has 0 aliphatic carbocycles. The largest absolute Gasteiger partial charge is 0.497 e. The fraction of sp³-hybridized carbons (Fsp3) is 0.136. The van der Waals surface area contributed by atoms with Gasteiger partial charge in [0, 0.05) is 29.4 Å². The predicted octanol–water partition coefficient (Wildman–Crippen LogP) is 4.84. The van der Waals surface area contributed by atoms with Crippen molar-refractivity contribution >= 4 is 34.0 Å². The van der Waals surface area contributed by atoms with E-state index in [0.717, 1.165) is 33.7 Å². The van der Waals surface area contributed by atoms with Crippen molar-refractivity contribution in [2.45, 2.75) is 6.92 Å². The topological polar surface area (TPSA) is 81.2 Å². The molecule has 7 heteroatoms. The van der Waals surface area contributed by atoms with Gasteiger partial charge in [-0.2, -0.15) is 4.98 Å². The minimum absolute atomic E-state index is 0.479. The van der Waals surface area contributed by atoms with Gasteiger partial charge in [0.2, 0.25) is 5.95 Å². The lowest BCUT2D eigenvalue weighted by molar-refractivity contribution is 0.405. The summed E-state index contributed by atoms with van der Waals surface area (Å²) in [5.41, 5.74) is 3.28. The fourth-order valence-electron chi connectivity index (χ4n) is 3.06. The Hall–Kier alpha value is -3.87. The number of methoxy groups -OCH3 is 2. The Labute approximate surface area is 168 Å². The summed E-state index contributed by atoms with van der Waals surface area (Å²) >= 11 is 0. The summed E-state index contributed by atoms with van der Waals surface area (Å²) < 4.78 is 10.7. The van der Waals surface area contributed by atoms with Crippen LogP contribution in [0.4, 0.5) is 23.1 Å². The van der Waals surface area contributed by atoms with Crippen molar-refractivity contribution in [3.63, 3.8) is 0 Å². The molecule has 0 aliphatic rings. The number of nitrogens with zero attached hydrogens (tertiary/aromatic N) is 3. The summed E-state index contributed by atoms with van der Waals surface area (Å²) in [5, 5.41) is 7.62. The predicted molar refractivity (Wildman–Crippen MR) is 115 cm³/mol. The Balaban J connectivity index is 1.66. The third-order valence-corrected chi connectivity index (χ3v) is 4.40. The average molecular weight is 387 g/mol. The highest BCUT2D eigenvalue weighted by atomic mass is 16.5. The van der Waals surface area contributed by atoms with Crippen molar-refractivity contribution in [2.75, 3.05) is 24.9 Å². The van der Waals surface area contributed by atoms with Crippen LogP contribution in [0.2, 0.25) is 0 Å². The first-order chi connectivity index (χ1) is 14.2. The molecule has 0 amide bonds. The summed E-state index contributed by atoms with van der Waals surface area (Å²) in [5.74, 6) is 2.53. The highest BCUT2D eigenvalue weighted by Crippen LogP contribution is 2.31. The molecule has 4 aromatic rings. The number of fused-ring (bicyclic) bond motifs is 1. The van der Waals surface area contributed by atoms with Gasteiger partial charge in [-0.1, -0.05) is 18.2 Å². The number of nitrogens with one attached hydrogen (secondary N) is 2. The van der Waals surface area contributed by atoms with Crippen LogP contribution in [0.5, 0.6) is 11.5 Å². The zero-order valence-electron chi connectivity index (χ0n) is 16.4. The van der Waals surface area contributed by atoms with Gasteiger partial charge in [0.25, 0.3) is 0 Å². The molecule has 0 fully saturated rings. The number of para-hydroxylation sites is 1. The first kappa shape index (κ1) is 18.5. The second-order valence-corrected chi connectivity index (χ2v) is 6.42. The second kappa shape index (κ2) is 8.02. The third-order valence-electron chi connectivity index (χ3n) is 4.40. The molecule has 0 atom stereocenters. The Kier molecular flexibility index (Phi) is 5.11. The van der Waals surface area contributed by atoms with Crippen molar-refractivity contribution in [3.8, 4) is 11.5 Å². The van der Waals surface area contributed by atoms with Crippen LogP contribution in [0, 0.1) is 6.92 Å². The number of benzene rings is 2. The van der Waals surface area contributed by atoms with E-state index in [1.807, 2.05) is 61.5 Å². The van der Waals surface area contributed by atoms with E-state index in [2.05, 4.69) is 25.6 Å². The van der Waals surface area contributed by atoms with Gasteiger partial charge >= 0.3 is 0 Å². The van der Waals surface area contributed by atoms with E-state index >= 15 is 0 Å². The highest BCUT2D eigenvalue weighted by molar-refractivity contribution is 5.91. The molecule has 2 aromatic carbocycles. The van der Waals surface area contributed by atoms with Gasteiger partial charge in [-0.25, -0.2) is 4.98 Å². The molecular weight excluding hydrogens is 366 g/mol. The Morgan fingerprint density at radius 1 is 0.828 bits per heavy atom. The molecule has 2 aromatic heterocycles. The van der Waals surface area contributed by atoms with Crippen molar-refractivity contribution in [1.29, 1.82) is 0 Å². The van der Waals surface area contributed by atoms with Crippen molar-refractivity contribution < 1.29 is 9.47 Å². The molecule has 0 saturated heterocycles. The zero-order valence-corrected chi connectivity index (χ0v) is 16.4. The van der Waals surface area contributed by atoms with Crippen molar-refractivity contribution in [2.24, 2.45) is 0 Å². The molecule has 29 heavy (non-hydrogen) atoms. The number of pyridine rings is 1. The molecule has 0 aliphatic heterocycles. The molecule has 0 spiro atoms. The van der Waals surface area contributed by atoms with Crippen LogP contribution in [0.3, 0.4) is 0 Å². The number of rotatable bonds is 6. The molecule has 0 saturated carbocycles. The maximum absolute atomic E-state index is 5.44. The van der Waals surface area contributed by atoms with E-state index in [1.165, 1.54) is 0 Å². The van der Waals surface area contributed by atoms with E-state index in [-0.39, 0.29) is 0 Å².